The van der Waals surface area contributed by atoms with Crippen molar-refractivity contribution in [3.8, 4) is 0 Å². The molecule has 1 saturated heterocycles. The van der Waals surface area contributed by atoms with Crippen molar-refractivity contribution in [2.75, 3.05) is 30.4 Å². The molecule has 1 aromatic rings. The van der Waals surface area contributed by atoms with E-state index in [2.05, 4.69) is 15.3 Å². The number of halogens is 1. The Kier molecular flexibility index (Phi) is 3.33. The first-order chi connectivity index (χ1) is 8.11. The average molecular weight is 256 g/mol. The highest BCUT2D eigenvalue weighted by molar-refractivity contribution is 6.32. The summed E-state index contributed by atoms with van der Waals surface area (Å²) in [6.45, 7) is 1.29. The maximum Gasteiger partial charge on any atom is 0.224 e. The Bertz CT molecular complexity index is 439. The van der Waals surface area contributed by atoms with Crippen molar-refractivity contribution in [2.45, 2.75) is 6.42 Å². The van der Waals surface area contributed by atoms with Gasteiger partial charge >= 0.3 is 0 Å². The molecule has 2 heterocycles. The maximum atomic E-state index is 11.1. The minimum atomic E-state index is -0.272. The number of rotatable bonds is 3. The molecular formula is C10H14ClN5O. The largest absolute Gasteiger partial charge is 0.369 e. The van der Waals surface area contributed by atoms with Gasteiger partial charge in [0, 0.05) is 20.1 Å². The Labute approximate surface area is 104 Å². The van der Waals surface area contributed by atoms with Crippen LogP contribution in [0.15, 0.2) is 6.20 Å². The smallest absolute Gasteiger partial charge is 0.224 e. The molecule has 7 heteroatoms. The molecule has 17 heavy (non-hydrogen) atoms. The summed E-state index contributed by atoms with van der Waals surface area (Å²) in [6, 6.07) is 0. The fourth-order valence-corrected chi connectivity index (χ4v) is 2.10. The quantitative estimate of drug-likeness (QED) is 0.821. The van der Waals surface area contributed by atoms with Crippen LogP contribution in [0.4, 0.5) is 11.8 Å². The molecule has 1 amide bonds. The van der Waals surface area contributed by atoms with Crippen LogP contribution in [0, 0.1) is 5.92 Å². The standard InChI is InChI=1S/C10H14ClN5O/c1-13-10-14-4-7(11)9(15-10)16-3-2-6(5-16)8(12)17/h4,6H,2-3,5H2,1H3,(H2,12,17)(H,13,14,15). The van der Waals surface area contributed by atoms with Crippen LogP contribution in [0.2, 0.25) is 5.02 Å². The number of hydrogen-bond acceptors (Lipinski definition) is 5. The average Bonchev–Trinajstić information content (AvgIpc) is 2.79. The molecule has 1 aliphatic heterocycles. The van der Waals surface area contributed by atoms with Crippen LogP contribution in [0.25, 0.3) is 0 Å². The summed E-state index contributed by atoms with van der Waals surface area (Å²) in [5.41, 5.74) is 5.29. The lowest BCUT2D eigenvalue weighted by Crippen LogP contribution is -2.28. The van der Waals surface area contributed by atoms with Gasteiger partial charge in [0.1, 0.15) is 5.02 Å². The summed E-state index contributed by atoms with van der Waals surface area (Å²) >= 11 is 6.05. The lowest BCUT2D eigenvalue weighted by Gasteiger charge is -2.18. The first-order valence-corrected chi connectivity index (χ1v) is 5.74. The molecule has 92 valence electrons. The number of anilines is 2. The van der Waals surface area contributed by atoms with Gasteiger partial charge in [-0.15, -0.1) is 0 Å². The molecule has 1 unspecified atom stereocenters. The third-order valence-corrected chi connectivity index (χ3v) is 3.11. The summed E-state index contributed by atoms with van der Waals surface area (Å²) in [5.74, 6) is 0.757. The van der Waals surface area contributed by atoms with Gasteiger partial charge in [0.25, 0.3) is 0 Å². The molecule has 1 aliphatic rings. The number of nitrogens with zero attached hydrogens (tertiary/aromatic N) is 3. The molecule has 1 atom stereocenters. The monoisotopic (exact) mass is 255 g/mol. The third-order valence-electron chi connectivity index (χ3n) is 2.84. The lowest BCUT2D eigenvalue weighted by atomic mass is 10.1. The normalized spacial score (nSPS) is 19.4. The maximum absolute atomic E-state index is 11.1. The number of aromatic nitrogens is 2. The summed E-state index contributed by atoms with van der Waals surface area (Å²) in [6.07, 6.45) is 2.29. The number of nitrogens with two attached hydrogens (primary N) is 1. The van der Waals surface area contributed by atoms with Crippen LogP contribution in [-0.2, 0) is 4.79 Å². The molecular weight excluding hydrogens is 242 g/mol. The van der Waals surface area contributed by atoms with E-state index in [9.17, 15) is 4.79 Å². The zero-order valence-corrected chi connectivity index (χ0v) is 10.2. The van der Waals surface area contributed by atoms with Crippen molar-refractivity contribution in [2.24, 2.45) is 11.7 Å². The van der Waals surface area contributed by atoms with Crippen molar-refractivity contribution in [1.29, 1.82) is 0 Å². The van der Waals surface area contributed by atoms with E-state index in [4.69, 9.17) is 17.3 Å². The van der Waals surface area contributed by atoms with Crippen LogP contribution >= 0.6 is 11.6 Å². The Hall–Kier alpha value is -1.56. The fraction of sp³-hybridized carbons (Fsp3) is 0.500. The number of hydrogen-bond donors (Lipinski definition) is 2. The summed E-state index contributed by atoms with van der Waals surface area (Å²) in [5, 5.41) is 3.33. The van der Waals surface area contributed by atoms with E-state index in [1.165, 1.54) is 0 Å². The van der Waals surface area contributed by atoms with Gasteiger partial charge < -0.3 is 16.0 Å². The Balaban J connectivity index is 2.20. The molecule has 0 aromatic carbocycles. The van der Waals surface area contributed by atoms with Crippen LogP contribution in [0.5, 0.6) is 0 Å². The number of primary amides is 1. The highest BCUT2D eigenvalue weighted by Crippen LogP contribution is 2.28. The number of amides is 1. The zero-order valence-electron chi connectivity index (χ0n) is 9.48. The van der Waals surface area contributed by atoms with Crippen molar-refractivity contribution < 1.29 is 4.79 Å². The van der Waals surface area contributed by atoms with Gasteiger partial charge in [-0.1, -0.05) is 11.6 Å². The number of carbonyl (C=O) groups excluding carboxylic acids is 1. The van der Waals surface area contributed by atoms with Gasteiger partial charge in [-0.05, 0) is 6.42 Å². The molecule has 6 nitrogen and oxygen atoms in total. The van der Waals surface area contributed by atoms with E-state index >= 15 is 0 Å². The van der Waals surface area contributed by atoms with E-state index in [0.717, 1.165) is 13.0 Å². The van der Waals surface area contributed by atoms with Crippen molar-refractivity contribution in [1.82, 2.24) is 9.97 Å². The van der Waals surface area contributed by atoms with Gasteiger partial charge in [0.2, 0.25) is 11.9 Å². The van der Waals surface area contributed by atoms with Crippen LogP contribution in [-0.4, -0.2) is 36.0 Å². The second-order valence-corrected chi connectivity index (χ2v) is 4.36. The Morgan fingerprint density at radius 1 is 1.71 bits per heavy atom. The number of carbonyl (C=O) groups is 1. The van der Waals surface area contributed by atoms with E-state index in [1.807, 2.05) is 4.90 Å². The molecule has 3 N–H and O–H groups in total. The molecule has 1 fully saturated rings. The summed E-state index contributed by atoms with van der Waals surface area (Å²) in [7, 11) is 1.74. The van der Waals surface area contributed by atoms with Crippen molar-refractivity contribution in [3.63, 3.8) is 0 Å². The first kappa shape index (κ1) is 11.9. The van der Waals surface area contributed by atoms with E-state index in [1.54, 1.807) is 13.2 Å². The molecule has 2 rings (SSSR count). The van der Waals surface area contributed by atoms with Gasteiger partial charge in [-0.25, -0.2) is 4.98 Å². The highest BCUT2D eigenvalue weighted by atomic mass is 35.5. The van der Waals surface area contributed by atoms with Crippen LogP contribution in [0.1, 0.15) is 6.42 Å². The molecule has 0 saturated carbocycles. The molecule has 0 spiro atoms. The Morgan fingerprint density at radius 3 is 3.06 bits per heavy atom. The van der Waals surface area contributed by atoms with Crippen molar-refractivity contribution in [3.05, 3.63) is 11.2 Å². The minimum Gasteiger partial charge on any atom is -0.369 e. The van der Waals surface area contributed by atoms with Gasteiger partial charge in [0.15, 0.2) is 5.82 Å². The number of nitrogens with one attached hydrogen (secondary N) is 1. The van der Waals surface area contributed by atoms with E-state index in [-0.39, 0.29) is 11.8 Å². The Morgan fingerprint density at radius 2 is 2.47 bits per heavy atom. The van der Waals surface area contributed by atoms with E-state index < -0.39 is 0 Å². The second-order valence-electron chi connectivity index (χ2n) is 3.95. The van der Waals surface area contributed by atoms with Crippen molar-refractivity contribution >= 4 is 29.3 Å². The minimum absolute atomic E-state index is 0.126. The fourth-order valence-electron chi connectivity index (χ4n) is 1.89. The van der Waals surface area contributed by atoms with Crippen LogP contribution in [0.3, 0.4) is 0 Å². The van der Waals surface area contributed by atoms with Crippen LogP contribution < -0.4 is 16.0 Å². The lowest BCUT2D eigenvalue weighted by molar-refractivity contribution is -0.121. The molecule has 0 bridgehead atoms. The summed E-state index contributed by atoms with van der Waals surface area (Å²) < 4.78 is 0. The summed E-state index contributed by atoms with van der Waals surface area (Å²) in [4.78, 5) is 21.4. The molecule has 0 aliphatic carbocycles. The molecule has 1 aromatic heterocycles. The van der Waals surface area contributed by atoms with Gasteiger partial charge in [-0.3, -0.25) is 4.79 Å². The highest BCUT2D eigenvalue weighted by Gasteiger charge is 2.28. The SMILES string of the molecule is CNc1ncc(Cl)c(N2CCC(C(N)=O)C2)n1. The predicted octanol–water partition coefficient (Wildman–Crippen LogP) is 0.483. The topological polar surface area (TPSA) is 84.1 Å². The van der Waals surface area contributed by atoms with Gasteiger partial charge in [0.05, 0.1) is 12.1 Å². The molecule has 0 radical (unpaired) electrons. The van der Waals surface area contributed by atoms with Gasteiger partial charge in [-0.2, -0.15) is 4.98 Å². The van der Waals surface area contributed by atoms with E-state index in [0.29, 0.717) is 23.3 Å². The predicted molar refractivity (Wildman–Crippen MR) is 66.1 cm³/mol. The first-order valence-electron chi connectivity index (χ1n) is 5.36. The third kappa shape index (κ3) is 2.41. The second kappa shape index (κ2) is 4.75. The zero-order chi connectivity index (χ0) is 12.4.